The summed E-state index contributed by atoms with van der Waals surface area (Å²) in [5, 5.41) is 8.86. The van der Waals surface area contributed by atoms with Gasteiger partial charge in [0.2, 0.25) is 0 Å². The standard InChI is InChI=1S/C7H12N2OS/c1-5(3-10)7(11)6-2-8-4-9-6/h2,4-5,7,10-11H,3H2,1H3,(H,8,9). The number of hydrogen-bond donors (Lipinski definition) is 3. The van der Waals surface area contributed by atoms with Gasteiger partial charge in [-0.2, -0.15) is 12.6 Å². The van der Waals surface area contributed by atoms with Crippen molar-refractivity contribution < 1.29 is 5.11 Å². The van der Waals surface area contributed by atoms with E-state index in [1.54, 1.807) is 12.5 Å². The first kappa shape index (κ1) is 8.62. The largest absolute Gasteiger partial charge is 0.396 e. The van der Waals surface area contributed by atoms with Gasteiger partial charge in [-0.25, -0.2) is 4.98 Å². The van der Waals surface area contributed by atoms with Crippen molar-refractivity contribution in [2.45, 2.75) is 12.2 Å². The fourth-order valence-electron chi connectivity index (χ4n) is 0.835. The van der Waals surface area contributed by atoms with Crippen LogP contribution in [0.5, 0.6) is 0 Å². The summed E-state index contributed by atoms with van der Waals surface area (Å²) >= 11 is 4.33. The number of nitrogens with zero attached hydrogens (tertiary/aromatic N) is 1. The Balaban J connectivity index is 2.62. The van der Waals surface area contributed by atoms with Crippen LogP contribution >= 0.6 is 12.6 Å². The van der Waals surface area contributed by atoms with Crippen LogP contribution in [0.4, 0.5) is 0 Å². The molecule has 0 spiro atoms. The number of aromatic nitrogens is 2. The molecule has 2 atom stereocenters. The van der Waals surface area contributed by atoms with Crippen LogP contribution in [0.2, 0.25) is 0 Å². The molecule has 0 amide bonds. The molecule has 62 valence electrons. The van der Waals surface area contributed by atoms with E-state index < -0.39 is 0 Å². The minimum atomic E-state index is 0.0440. The summed E-state index contributed by atoms with van der Waals surface area (Å²) in [6.07, 6.45) is 3.34. The quantitative estimate of drug-likeness (QED) is 0.596. The van der Waals surface area contributed by atoms with Gasteiger partial charge in [0.1, 0.15) is 0 Å². The van der Waals surface area contributed by atoms with E-state index in [0.717, 1.165) is 5.69 Å². The van der Waals surface area contributed by atoms with Crippen LogP contribution in [0.25, 0.3) is 0 Å². The van der Waals surface area contributed by atoms with Gasteiger partial charge in [-0.3, -0.25) is 0 Å². The van der Waals surface area contributed by atoms with Crippen molar-refractivity contribution in [2.24, 2.45) is 5.92 Å². The molecule has 0 aromatic carbocycles. The van der Waals surface area contributed by atoms with E-state index >= 15 is 0 Å². The second kappa shape index (κ2) is 3.78. The average Bonchev–Trinajstić information content (AvgIpc) is 2.53. The third-order valence-corrected chi connectivity index (χ3v) is 2.45. The van der Waals surface area contributed by atoms with Gasteiger partial charge in [0.05, 0.1) is 6.33 Å². The van der Waals surface area contributed by atoms with Gasteiger partial charge in [-0.15, -0.1) is 0 Å². The zero-order chi connectivity index (χ0) is 8.27. The molecule has 4 heteroatoms. The summed E-state index contributed by atoms with van der Waals surface area (Å²) in [5.74, 6) is 0.152. The first-order valence-electron chi connectivity index (χ1n) is 3.53. The summed E-state index contributed by atoms with van der Waals surface area (Å²) in [5.41, 5.74) is 0.954. The predicted molar refractivity (Wildman–Crippen MR) is 46.6 cm³/mol. The number of nitrogens with one attached hydrogen (secondary N) is 1. The van der Waals surface area contributed by atoms with E-state index in [0.29, 0.717) is 0 Å². The highest BCUT2D eigenvalue weighted by molar-refractivity contribution is 7.80. The molecule has 1 heterocycles. The lowest BCUT2D eigenvalue weighted by Gasteiger charge is -2.14. The third-order valence-electron chi connectivity index (χ3n) is 1.66. The smallest absolute Gasteiger partial charge is 0.0922 e. The number of H-pyrrole nitrogens is 1. The van der Waals surface area contributed by atoms with Crippen LogP contribution in [0.15, 0.2) is 12.5 Å². The zero-order valence-corrected chi connectivity index (χ0v) is 7.25. The predicted octanol–water partition coefficient (Wildman–Crippen LogP) is 1.01. The highest BCUT2D eigenvalue weighted by Gasteiger charge is 2.14. The SMILES string of the molecule is CC(CO)C(S)c1cnc[nH]1. The number of rotatable bonds is 3. The van der Waals surface area contributed by atoms with E-state index in [4.69, 9.17) is 5.11 Å². The van der Waals surface area contributed by atoms with Crippen molar-refractivity contribution in [3.05, 3.63) is 18.2 Å². The summed E-state index contributed by atoms with van der Waals surface area (Å²) in [6, 6.07) is 0. The van der Waals surface area contributed by atoms with Crippen LogP contribution in [0.1, 0.15) is 17.9 Å². The highest BCUT2D eigenvalue weighted by Crippen LogP contribution is 2.25. The van der Waals surface area contributed by atoms with Crippen molar-refractivity contribution in [3.63, 3.8) is 0 Å². The lowest BCUT2D eigenvalue weighted by Crippen LogP contribution is -2.08. The van der Waals surface area contributed by atoms with Gasteiger partial charge in [0.15, 0.2) is 0 Å². The van der Waals surface area contributed by atoms with E-state index in [1.165, 1.54) is 0 Å². The minimum Gasteiger partial charge on any atom is -0.396 e. The molecule has 2 unspecified atom stereocenters. The molecule has 3 nitrogen and oxygen atoms in total. The molecule has 11 heavy (non-hydrogen) atoms. The number of aromatic amines is 1. The second-order valence-electron chi connectivity index (χ2n) is 2.61. The van der Waals surface area contributed by atoms with Crippen molar-refractivity contribution in [1.82, 2.24) is 9.97 Å². The molecule has 0 radical (unpaired) electrons. The normalized spacial score (nSPS) is 16.3. The van der Waals surface area contributed by atoms with Crippen molar-refractivity contribution in [2.75, 3.05) is 6.61 Å². The van der Waals surface area contributed by atoms with E-state index in [1.807, 2.05) is 6.92 Å². The molecule has 0 saturated heterocycles. The van der Waals surface area contributed by atoms with Crippen LogP contribution in [0, 0.1) is 5.92 Å². The summed E-state index contributed by atoms with van der Waals surface area (Å²) < 4.78 is 0. The molecule has 0 aliphatic heterocycles. The number of imidazole rings is 1. The zero-order valence-electron chi connectivity index (χ0n) is 6.36. The summed E-state index contributed by atoms with van der Waals surface area (Å²) in [6.45, 7) is 2.09. The van der Waals surface area contributed by atoms with Gasteiger partial charge in [-0.1, -0.05) is 6.92 Å². The first-order chi connectivity index (χ1) is 5.25. The van der Waals surface area contributed by atoms with Gasteiger partial charge < -0.3 is 10.1 Å². The van der Waals surface area contributed by atoms with E-state index in [-0.39, 0.29) is 17.8 Å². The molecule has 0 aliphatic rings. The molecule has 0 saturated carbocycles. The fraction of sp³-hybridized carbons (Fsp3) is 0.571. The molecule has 1 rings (SSSR count). The van der Waals surface area contributed by atoms with E-state index in [9.17, 15) is 0 Å². The molecule has 1 aromatic heterocycles. The Labute approximate surface area is 71.3 Å². The maximum absolute atomic E-state index is 8.82. The van der Waals surface area contributed by atoms with Gasteiger partial charge in [0.25, 0.3) is 0 Å². The summed E-state index contributed by atoms with van der Waals surface area (Å²) in [7, 11) is 0. The Kier molecular flexibility index (Phi) is 2.96. The molecule has 0 bridgehead atoms. The lowest BCUT2D eigenvalue weighted by molar-refractivity contribution is 0.234. The molecular formula is C7H12N2OS. The molecule has 2 N–H and O–H groups in total. The minimum absolute atomic E-state index is 0.0440. The monoisotopic (exact) mass is 172 g/mol. The Hall–Kier alpha value is -0.480. The maximum atomic E-state index is 8.82. The average molecular weight is 172 g/mol. The molecular weight excluding hydrogens is 160 g/mol. The number of thiol groups is 1. The van der Waals surface area contributed by atoms with Gasteiger partial charge in [0, 0.05) is 23.7 Å². The Bertz CT molecular complexity index is 200. The molecule has 0 fully saturated rings. The van der Waals surface area contributed by atoms with E-state index in [2.05, 4.69) is 22.6 Å². The third kappa shape index (κ3) is 1.97. The number of aliphatic hydroxyl groups is 1. The summed E-state index contributed by atoms with van der Waals surface area (Å²) in [4.78, 5) is 6.83. The van der Waals surface area contributed by atoms with Crippen LogP contribution < -0.4 is 0 Å². The number of aliphatic hydroxyl groups excluding tert-OH is 1. The highest BCUT2D eigenvalue weighted by atomic mass is 32.1. The maximum Gasteiger partial charge on any atom is 0.0922 e. The molecule has 0 aliphatic carbocycles. The van der Waals surface area contributed by atoms with Gasteiger partial charge in [-0.05, 0) is 5.92 Å². The van der Waals surface area contributed by atoms with Crippen molar-refractivity contribution >= 4 is 12.6 Å². The Morgan fingerprint density at radius 2 is 2.55 bits per heavy atom. The Morgan fingerprint density at radius 1 is 1.82 bits per heavy atom. The Morgan fingerprint density at radius 3 is 3.00 bits per heavy atom. The van der Waals surface area contributed by atoms with Crippen molar-refractivity contribution in [1.29, 1.82) is 0 Å². The topological polar surface area (TPSA) is 48.9 Å². The van der Waals surface area contributed by atoms with Crippen LogP contribution in [-0.2, 0) is 0 Å². The molecule has 1 aromatic rings. The first-order valence-corrected chi connectivity index (χ1v) is 4.04. The van der Waals surface area contributed by atoms with Crippen LogP contribution in [0.3, 0.4) is 0 Å². The fourth-order valence-corrected chi connectivity index (χ4v) is 1.07. The second-order valence-corrected chi connectivity index (χ2v) is 3.17. The lowest BCUT2D eigenvalue weighted by atomic mass is 10.1. The van der Waals surface area contributed by atoms with Gasteiger partial charge >= 0.3 is 0 Å². The van der Waals surface area contributed by atoms with Crippen molar-refractivity contribution in [3.8, 4) is 0 Å². The van der Waals surface area contributed by atoms with Crippen LogP contribution in [-0.4, -0.2) is 21.7 Å². The number of hydrogen-bond acceptors (Lipinski definition) is 3.